The molecule has 0 radical (unpaired) electrons. The van der Waals surface area contributed by atoms with Gasteiger partial charge in [-0.05, 0) is 31.2 Å². The van der Waals surface area contributed by atoms with Gasteiger partial charge in [0.05, 0.1) is 30.7 Å². The van der Waals surface area contributed by atoms with Crippen LogP contribution in [0.1, 0.15) is 24.2 Å². The van der Waals surface area contributed by atoms with E-state index >= 15 is 0 Å². The third-order valence-corrected chi connectivity index (χ3v) is 3.74. The highest BCUT2D eigenvalue weighted by Gasteiger charge is 2.20. The Morgan fingerprint density at radius 3 is 2.37 bits per heavy atom. The van der Waals surface area contributed by atoms with Gasteiger partial charge in [0.1, 0.15) is 12.3 Å². The van der Waals surface area contributed by atoms with Crippen LogP contribution in [0.2, 0.25) is 0 Å². The van der Waals surface area contributed by atoms with Crippen molar-refractivity contribution >= 4 is 29.2 Å². The maximum Gasteiger partial charge on any atom is 0.339 e. The molecule has 0 atom stereocenters. The predicted molar refractivity (Wildman–Crippen MR) is 102 cm³/mol. The van der Waals surface area contributed by atoms with Crippen LogP contribution in [0, 0.1) is 0 Å². The Morgan fingerprint density at radius 1 is 1.04 bits per heavy atom. The van der Waals surface area contributed by atoms with Crippen LogP contribution in [0.4, 0.5) is 11.4 Å². The third-order valence-electron chi connectivity index (χ3n) is 3.74. The molecule has 142 valence electrons. The van der Waals surface area contributed by atoms with Crippen molar-refractivity contribution in [3.8, 4) is 5.75 Å². The van der Waals surface area contributed by atoms with Crippen molar-refractivity contribution in [3.05, 3.63) is 54.1 Å². The molecule has 27 heavy (non-hydrogen) atoms. The first-order chi connectivity index (χ1) is 13.0. The molecule has 0 saturated heterocycles. The zero-order valence-electron chi connectivity index (χ0n) is 15.5. The number of para-hydroxylation sites is 3. The van der Waals surface area contributed by atoms with Crippen LogP contribution in [0.5, 0.6) is 5.75 Å². The third kappa shape index (κ3) is 5.07. The van der Waals surface area contributed by atoms with Gasteiger partial charge in [-0.15, -0.1) is 0 Å². The minimum absolute atomic E-state index is 0.227. The molecule has 0 bridgehead atoms. The quantitative estimate of drug-likeness (QED) is 0.758. The lowest BCUT2D eigenvalue weighted by Gasteiger charge is -2.23. The number of benzene rings is 2. The SMILES string of the molecule is CCOc1ccccc1N(CC(=O)Nc1ccccc1C(=O)OC)C(C)=O. The molecule has 7 heteroatoms. The summed E-state index contributed by atoms with van der Waals surface area (Å²) in [6, 6.07) is 13.5. The van der Waals surface area contributed by atoms with Crippen LogP contribution in [0.3, 0.4) is 0 Å². The van der Waals surface area contributed by atoms with E-state index in [1.54, 1.807) is 48.5 Å². The number of anilines is 2. The monoisotopic (exact) mass is 370 g/mol. The topological polar surface area (TPSA) is 84.9 Å². The maximum absolute atomic E-state index is 12.5. The van der Waals surface area contributed by atoms with Crippen molar-refractivity contribution in [3.63, 3.8) is 0 Å². The average Bonchev–Trinajstić information content (AvgIpc) is 2.66. The Morgan fingerprint density at radius 2 is 1.70 bits per heavy atom. The van der Waals surface area contributed by atoms with Gasteiger partial charge in [0.2, 0.25) is 11.8 Å². The second-order valence-electron chi connectivity index (χ2n) is 5.59. The van der Waals surface area contributed by atoms with Crippen LogP contribution in [0.25, 0.3) is 0 Å². The molecular formula is C20H22N2O5. The summed E-state index contributed by atoms with van der Waals surface area (Å²) in [7, 11) is 1.27. The number of rotatable bonds is 7. The minimum atomic E-state index is -0.559. The second kappa shape index (κ2) is 9.38. The van der Waals surface area contributed by atoms with Crippen LogP contribution in [-0.4, -0.2) is 38.0 Å². The zero-order chi connectivity index (χ0) is 19.8. The van der Waals surface area contributed by atoms with Crippen molar-refractivity contribution in [1.29, 1.82) is 0 Å². The smallest absolute Gasteiger partial charge is 0.339 e. The van der Waals surface area contributed by atoms with Gasteiger partial charge in [0, 0.05) is 6.92 Å². The number of ether oxygens (including phenoxy) is 2. The van der Waals surface area contributed by atoms with E-state index in [-0.39, 0.29) is 18.0 Å². The highest BCUT2D eigenvalue weighted by molar-refractivity contribution is 6.05. The van der Waals surface area contributed by atoms with E-state index in [0.717, 1.165) is 0 Å². The number of nitrogens with zero attached hydrogens (tertiary/aromatic N) is 1. The molecule has 0 saturated carbocycles. The van der Waals surface area contributed by atoms with Gasteiger partial charge in [-0.25, -0.2) is 4.79 Å². The van der Waals surface area contributed by atoms with Crippen LogP contribution in [-0.2, 0) is 14.3 Å². The molecular weight excluding hydrogens is 348 g/mol. The zero-order valence-corrected chi connectivity index (χ0v) is 15.5. The lowest BCUT2D eigenvalue weighted by molar-refractivity contribution is -0.120. The molecule has 0 spiro atoms. The van der Waals surface area contributed by atoms with Gasteiger partial charge in [-0.1, -0.05) is 24.3 Å². The van der Waals surface area contributed by atoms with Crippen molar-refractivity contribution < 1.29 is 23.9 Å². The van der Waals surface area contributed by atoms with E-state index in [2.05, 4.69) is 5.32 Å². The van der Waals surface area contributed by atoms with Gasteiger partial charge in [0.15, 0.2) is 0 Å². The molecule has 0 aliphatic carbocycles. The number of carbonyl (C=O) groups is 3. The lowest BCUT2D eigenvalue weighted by Crippen LogP contribution is -2.37. The molecule has 0 fully saturated rings. The van der Waals surface area contributed by atoms with Gasteiger partial charge in [0.25, 0.3) is 0 Å². The summed E-state index contributed by atoms with van der Waals surface area (Å²) in [5.41, 5.74) is 1.05. The fraction of sp³-hybridized carbons (Fsp3) is 0.250. The number of carbonyl (C=O) groups excluding carboxylic acids is 3. The number of methoxy groups -OCH3 is 1. The fourth-order valence-corrected chi connectivity index (χ4v) is 2.54. The van der Waals surface area contributed by atoms with Crippen molar-refractivity contribution in [1.82, 2.24) is 0 Å². The summed E-state index contributed by atoms with van der Waals surface area (Å²) >= 11 is 0. The van der Waals surface area contributed by atoms with Crippen LogP contribution < -0.4 is 15.0 Å². The van der Waals surface area contributed by atoms with E-state index in [1.807, 2.05) is 6.92 Å². The molecule has 2 amide bonds. The van der Waals surface area contributed by atoms with E-state index in [9.17, 15) is 14.4 Å². The first-order valence-corrected chi connectivity index (χ1v) is 8.45. The summed E-state index contributed by atoms with van der Waals surface area (Å²) in [4.78, 5) is 37.8. The predicted octanol–water partition coefficient (Wildman–Crippen LogP) is 2.86. The summed E-state index contributed by atoms with van der Waals surface area (Å²) in [5, 5.41) is 2.66. The summed E-state index contributed by atoms with van der Waals surface area (Å²) in [5.74, 6) is -0.805. The van der Waals surface area contributed by atoms with E-state index in [1.165, 1.54) is 18.9 Å². The summed E-state index contributed by atoms with van der Waals surface area (Å²) < 4.78 is 10.3. The Labute approximate surface area is 157 Å². The maximum atomic E-state index is 12.5. The largest absolute Gasteiger partial charge is 0.492 e. The van der Waals surface area contributed by atoms with Gasteiger partial charge in [-0.2, -0.15) is 0 Å². The van der Waals surface area contributed by atoms with Gasteiger partial charge < -0.3 is 14.8 Å². The molecule has 0 unspecified atom stereocenters. The first-order valence-electron chi connectivity index (χ1n) is 8.45. The number of amides is 2. The fourth-order valence-electron chi connectivity index (χ4n) is 2.54. The number of hydrogen-bond donors (Lipinski definition) is 1. The normalized spacial score (nSPS) is 10.0. The number of esters is 1. The van der Waals surface area contributed by atoms with Crippen molar-refractivity contribution in [2.45, 2.75) is 13.8 Å². The molecule has 7 nitrogen and oxygen atoms in total. The Bertz CT molecular complexity index is 835. The van der Waals surface area contributed by atoms with Crippen molar-refractivity contribution in [2.24, 2.45) is 0 Å². The molecule has 2 aromatic carbocycles. The highest BCUT2D eigenvalue weighted by atomic mass is 16.5. The molecule has 0 aromatic heterocycles. The van der Waals surface area contributed by atoms with Crippen LogP contribution in [0.15, 0.2) is 48.5 Å². The number of nitrogens with one attached hydrogen (secondary N) is 1. The number of hydrogen-bond acceptors (Lipinski definition) is 5. The summed E-state index contributed by atoms with van der Waals surface area (Å²) in [6.45, 7) is 3.42. The van der Waals surface area contributed by atoms with E-state index < -0.39 is 11.9 Å². The molecule has 1 N–H and O–H groups in total. The standard InChI is InChI=1S/C20H22N2O5/c1-4-27-18-12-8-7-11-17(18)22(14(2)23)13-19(24)21-16-10-6-5-9-15(16)20(25)26-3/h5-12H,4,13H2,1-3H3,(H,21,24). The second-order valence-corrected chi connectivity index (χ2v) is 5.59. The average molecular weight is 370 g/mol. The summed E-state index contributed by atoms with van der Waals surface area (Å²) in [6.07, 6.45) is 0. The molecule has 2 aromatic rings. The molecule has 0 aliphatic heterocycles. The lowest BCUT2D eigenvalue weighted by atomic mass is 10.2. The van der Waals surface area contributed by atoms with Crippen molar-refractivity contribution in [2.75, 3.05) is 30.5 Å². The van der Waals surface area contributed by atoms with E-state index in [0.29, 0.717) is 23.7 Å². The van der Waals surface area contributed by atoms with E-state index in [4.69, 9.17) is 9.47 Å². The Kier molecular flexibility index (Phi) is 6.93. The van der Waals surface area contributed by atoms with Crippen LogP contribution >= 0.6 is 0 Å². The minimum Gasteiger partial charge on any atom is -0.492 e. The van der Waals surface area contributed by atoms with Gasteiger partial charge in [-0.3, -0.25) is 14.5 Å². The Hall–Kier alpha value is -3.35. The molecule has 0 heterocycles. The molecule has 0 aliphatic rings. The van der Waals surface area contributed by atoms with Gasteiger partial charge >= 0.3 is 5.97 Å². The Balaban J connectivity index is 2.23. The first kappa shape index (κ1) is 20.0. The highest BCUT2D eigenvalue weighted by Crippen LogP contribution is 2.28. The molecule has 2 rings (SSSR count).